The van der Waals surface area contributed by atoms with Gasteiger partial charge in [0, 0.05) is 25.6 Å². The Hall–Kier alpha value is -2.83. The minimum Gasteiger partial charge on any atom is -0.444 e. The molecule has 10 nitrogen and oxygen atoms in total. The van der Waals surface area contributed by atoms with Gasteiger partial charge < -0.3 is 20.3 Å². The molecule has 4 fully saturated rings. The molecule has 10 heteroatoms. The molecule has 1 saturated carbocycles. The van der Waals surface area contributed by atoms with Crippen molar-refractivity contribution in [2.24, 2.45) is 11.8 Å². The molecule has 0 aromatic heterocycles. The number of hydrogen-bond donors (Lipinski definition) is 2. The molecule has 3 heterocycles. The standard InChI is InChI=1S/C25H37N5O5/c1-24(2,3)35-23(34)30-11-4-8-25(30)9-12-29(22(25)33)19(13-16-5-6-16)21(32)28-18(15-26)14-17-7-10-27-20(17)31/h16-19H,4-14H2,1-3H3,(H,27,31)(H,28,32)/t17-,18-,19+,25?/m0/s1. The van der Waals surface area contributed by atoms with Crippen molar-refractivity contribution >= 4 is 23.8 Å². The molecule has 35 heavy (non-hydrogen) atoms. The maximum absolute atomic E-state index is 13.8. The van der Waals surface area contributed by atoms with Crippen LogP contribution in [0.15, 0.2) is 0 Å². The minimum atomic E-state index is -0.971. The van der Waals surface area contributed by atoms with Crippen molar-refractivity contribution in [1.82, 2.24) is 20.4 Å². The van der Waals surface area contributed by atoms with Crippen LogP contribution in [0.25, 0.3) is 0 Å². The highest BCUT2D eigenvalue weighted by Crippen LogP contribution is 2.42. The van der Waals surface area contributed by atoms with Gasteiger partial charge >= 0.3 is 6.09 Å². The number of nitrogens with one attached hydrogen (secondary N) is 2. The van der Waals surface area contributed by atoms with E-state index in [1.807, 2.05) is 0 Å². The monoisotopic (exact) mass is 487 g/mol. The number of ether oxygens (including phenoxy) is 1. The molecule has 4 atom stereocenters. The summed E-state index contributed by atoms with van der Waals surface area (Å²) in [7, 11) is 0. The number of nitriles is 1. The molecule has 2 N–H and O–H groups in total. The van der Waals surface area contributed by atoms with Gasteiger partial charge in [0.15, 0.2) is 0 Å². The molecular formula is C25H37N5O5. The van der Waals surface area contributed by atoms with Crippen LogP contribution in [0.5, 0.6) is 0 Å². The number of carbonyl (C=O) groups excluding carboxylic acids is 4. The lowest BCUT2D eigenvalue weighted by Gasteiger charge is -2.36. The SMILES string of the molecule is CC(C)(C)OC(=O)N1CCCC12CCN([C@H](CC1CC1)C(=O)N[C@H](C#N)C[C@@H]1CCNC1=O)C2=O. The molecule has 4 aliphatic rings. The molecule has 3 saturated heterocycles. The summed E-state index contributed by atoms with van der Waals surface area (Å²) in [4.78, 5) is 55.3. The summed E-state index contributed by atoms with van der Waals surface area (Å²) < 4.78 is 5.58. The maximum Gasteiger partial charge on any atom is 0.411 e. The second-order valence-corrected chi connectivity index (χ2v) is 11.4. The van der Waals surface area contributed by atoms with Crippen LogP contribution in [0, 0.1) is 23.2 Å². The Morgan fingerprint density at radius 3 is 2.54 bits per heavy atom. The van der Waals surface area contributed by atoms with E-state index in [2.05, 4.69) is 16.7 Å². The lowest BCUT2D eigenvalue weighted by atomic mass is 9.94. The van der Waals surface area contributed by atoms with Crippen LogP contribution in [0.4, 0.5) is 4.79 Å². The predicted molar refractivity (Wildman–Crippen MR) is 126 cm³/mol. The highest BCUT2D eigenvalue weighted by Gasteiger charge is 2.58. The number of carbonyl (C=O) groups is 4. The Morgan fingerprint density at radius 1 is 1.20 bits per heavy atom. The normalized spacial score (nSPS) is 28.1. The summed E-state index contributed by atoms with van der Waals surface area (Å²) in [5, 5.41) is 15.2. The van der Waals surface area contributed by atoms with Gasteiger partial charge in [0.05, 0.1) is 6.07 Å². The fourth-order valence-electron chi connectivity index (χ4n) is 5.63. The molecule has 1 unspecified atom stereocenters. The van der Waals surface area contributed by atoms with Gasteiger partial charge in [-0.05, 0) is 65.2 Å². The molecular weight excluding hydrogens is 450 g/mol. The average molecular weight is 488 g/mol. The number of rotatable bonds is 7. The van der Waals surface area contributed by atoms with E-state index >= 15 is 0 Å². The second kappa shape index (κ2) is 9.67. The molecule has 3 aliphatic heterocycles. The quantitative estimate of drug-likeness (QED) is 0.562. The fourth-order valence-corrected chi connectivity index (χ4v) is 5.63. The molecule has 1 aliphatic carbocycles. The van der Waals surface area contributed by atoms with Crippen LogP contribution in [0.3, 0.4) is 0 Å². The van der Waals surface area contributed by atoms with Crippen LogP contribution in [0.2, 0.25) is 0 Å². The topological polar surface area (TPSA) is 132 Å². The molecule has 1 spiro atoms. The van der Waals surface area contributed by atoms with E-state index in [9.17, 15) is 24.4 Å². The first kappa shape index (κ1) is 25.3. The molecule has 0 radical (unpaired) electrons. The third-order valence-electron chi connectivity index (χ3n) is 7.62. The van der Waals surface area contributed by atoms with Crippen molar-refractivity contribution in [3.63, 3.8) is 0 Å². The van der Waals surface area contributed by atoms with Crippen LogP contribution < -0.4 is 10.6 Å². The summed E-state index contributed by atoms with van der Waals surface area (Å²) in [6.45, 7) is 6.81. The van der Waals surface area contributed by atoms with E-state index in [0.717, 1.165) is 12.8 Å². The zero-order valence-electron chi connectivity index (χ0n) is 21.0. The van der Waals surface area contributed by atoms with Gasteiger partial charge in [-0.2, -0.15) is 5.26 Å². The van der Waals surface area contributed by atoms with Crippen LogP contribution >= 0.6 is 0 Å². The first-order chi connectivity index (χ1) is 16.5. The van der Waals surface area contributed by atoms with Gasteiger partial charge in [0.25, 0.3) is 0 Å². The number of likely N-dealkylation sites (tertiary alicyclic amines) is 2. The first-order valence-corrected chi connectivity index (χ1v) is 12.8. The minimum absolute atomic E-state index is 0.0887. The third kappa shape index (κ3) is 5.39. The van der Waals surface area contributed by atoms with Crippen molar-refractivity contribution in [3.8, 4) is 6.07 Å². The smallest absolute Gasteiger partial charge is 0.411 e. The van der Waals surface area contributed by atoms with Gasteiger partial charge in [-0.15, -0.1) is 0 Å². The summed E-state index contributed by atoms with van der Waals surface area (Å²) in [5.74, 6) is -0.560. The van der Waals surface area contributed by atoms with Crippen molar-refractivity contribution in [2.75, 3.05) is 19.6 Å². The molecule has 0 aromatic rings. The Bertz CT molecular complexity index is 920. The van der Waals surface area contributed by atoms with Crippen molar-refractivity contribution in [3.05, 3.63) is 0 Å². The van der Waals surface area contributed by atoms with Gasteiger partial charge in [-0.25, -0.2) is 4.79 Å². The van der Waals surface area contributed by atoms with Crippen molar-refractivity contribution in [2.45, 2.75) is 95.4 Å². The highest BCUT2D eigenvalue weighted by molar-refractivity contribution is 5.96. The first-order valence-electron chi connectivity index (χ1n) is 12.8. The summed E-state index contributed by atoms with van der Waals surface area (Å²) in [6.07, 6.45) is 4.71. The zero-order chi connectivity index (χ0) is 25.4. The number of nitrogens with zero attached hydrogens (tertiary/aromatic N) is 3. The largest absolute Gasteiger partial charge is 0.444 e. The van der Waals surface area contributed by atoms with Crippen LogP contribution in [-0.2, 0) is 19.1 Å². The Kier molecular flexibility index (Phi) is 6.98. The average Bonchev–Trinajstić information content (AvgIpc) is 3.21. The molecule has 0 bridgehead atoms. The van der Waals surface area contributed by atoms with Gasteiger partial charge in [-0.3, -0.25) is 19.3 Å². The Balaban J connectivity index is 1.48. The summed E-state index contributed by atoms with van der Waals surface area (Å²) in [5.41, 5.74) is -1.64. The van der Waals surface area contributed by atoms with E-state index in [1.165, 1.54) is 0 Å². The lowest BCUT2D eigenvalue weighted by molar-refractivity contribution is -0.143. The van der Waals surface area contributed by atoms with E-state index in [4.69, 9.17) is 4.74 Å². The predicted octanol–water partition coefficient (Wildman–Crippen LogP) is 1.69. The van der Waals surface area contributed by atoms with E-state index in [0.29, 0.717) is 57.7 Å². The molecule has 192 valence electrons. The third-order valence-corrected chi connectivity index (χ3v) is 7.62. The number of amides is 4. The lowest BCUT2D eigenvalue weighted by Crippen LogP contribution is -2.57. The zero-order valence-corrected chi connectivity index (χ0v) is 21.0. The van der Waals surface area contributed by atoms with Crippen LogP contribution in [-0.4, -0.2) is 76.5 Å². The van der Waals surface area contributed by atoms with Gasteiger partial charge in [-0.1, -0.05) is 12.8 Å². The van der Waals surface area contributed by atoms with E-state index < -0.39 is 29.3 Å². The van der Waals surface area contributed by atoms with Crippen molar-refractivity contribution < 1.29 is 23.9 Å². The Labute approximate surface area is 206 Å². The summed E-state index contributed by atoms with van der Waals surface area (Å²) in [6, 6.07) is 0.626. The molecule has 0 aromatic carbocycles. The van der Waals surface area contributed by atoms with Gasteiger partial charge in [0.2, 0.25) is 17.7 Å². The maximum atomic E-state index is 13.8. The molecule has 4 rings (SSSR count). The van der Waals surface area contributed by atoms with Crippen LogP contribution in [0.1, 0.15) is 72.1 Å². The van der Waals surface area contributed by atoms with Crippen molar-refractivity contribution in [1.29, 1.82) is 5.26 Å². The van der Waals surface area contributed by atoms with E-state index in [-0.39, 0.29) is 30.1 Å². The van der Waals surface area contributed by atoms with Gasteiger partial charge in [0.1, 0.15) is 23.2 Å². The highest BCUT2D eigenvalue weighted by atomic mass is 16.6. The fraction of sp³-hybridized carbons (Fsp3) is 0.800. The second-order valence-electron chi connectivity index (χ2n) is 11.4. The molecule has 4 amide bonds. The van der Waals surface area contributed by atoms with E-state index in [1.54, 1.807) is 30.6 Å². The number of hydrogen-bond acceptors (Lipinski definition) is 6. The Morgan fingerprint density at radius 2 is 1.94 bits per heavy atom. The summed E-state index contributed by atoms with van der Waals surface area (Å²) >= 11 is 0.